The molecule has 1 saturated heterocycles. The average Bonchev–Trinajstić information content (AvgIpc) is 3.11. The molecule has 50 heavy (non-hydrogen) atoms. The Kier molecular flexibility index (Phi) is 29.8. The fourth-order valence-electron chi connectivity index (χ4n) is 6.12. The number of carbonyl (C=O) groups excluding carboxylic acids is 2. The van der Waals surface area contributed by atoms with E-state index in [4.69, 9.17) is 18.9 Å². The van der Waals surface area contributed by atoms with Gasteiger partial charge in [-0.3, -0.25) is 9.59 Å². The summed E-state index contributed by atoms with van der Waals surface area (Å²) in [4.78, 5) is 25.2. The molecular formula is C40H74O10. The Labute approximate surface area is 303 Å². The first kappa shape index (κ1) is 46.5. The van der Waals surface area contributed by atoms with Crippen LogP contribution in [0.1, 0.15) is 174 Å². The van der Waals surface area contributed by atoms with E-state index in [9.17, 15) is 30.0 Å². The van der Waals surface area contributed by atoms with Crippen LogP contribution in [0.4, 0.5) is 0 Å². The van der Waals surface area contributed by atoms with Crippen molar-refractivity contribution in [2.45, 2.75) is 211 Å². The quantitative estimate of drug-likeness (QED) is 0.0304. The van der Waals surface area contributed by atoms with Crippen molar-refractivity contribution in [2.24, 2.45) is 0 Å². The van der Waals surface area contributed by atoms with Crippen LogP contribution < -0.4 is 0 Å². The molecule has 0 amide bonds. The molecule has 0 aromatic heterocycles. The normalized spacial score (nSPS) is 21.4. The predicted octanol–water partition coefficient (Wildman–Crippen LogP) is 7.61. The van der Waals surface area contributed by atoms with E-state index in [1.54, 1.807) is 0 Å². The number of unbranched alkanes of at least 4 members (excludes halogenated alkanes) is 20. The smallest absolute Gasteiger partial charge is 0.306 e. The molecule has 1 fully saturated rings. The number of aliphatic hydroxyl groups is 4. The SMILES string of the molecule is CCCCCCCC/C=C/CCCCCCCC(=O)OC[C@@H](CO[C@H]1O[C@@H](CO)[C@@H](O)C(O)C1O)OC(=O)CCCCCCCCCCCC. The van der Waals surface area contributed by atoms with Gasteiger partial charge in [-0.15, -0.1) is 0 Å². The van der Waals surface area contributed by atoms with E-state index < -0.39 is 49.4 Å². The molecule has 10 nitrogen and oxygen atoms in total. The molecule has 4 N–H and O–H groups in total. The van der Waals surface area contributed by atoms with Crippen LogP contribution in [0.3, 0.4) is 0 Å². The monoisotopic (exact) mass is 715 g/mol. The minimum absolute atomic E-state index is 0.217. The number of rotatable bonds is 33. The lowest BCUT2D eigenvalue weighted by Crippen LogP contribution is -2.59. The molecular weight excluding hydrogens is 640 g/mol. The van der Waals surface area contributed by atoms with E-state index in [2.05, 4.69) is 26.0 Å². The Bertz CT molecular complexity index is 835. The number of hydrogen-bond acceptors (Lipinski definition) is 10. The van der Waals surface area contributed by atoms with Crippen LogP contribution >= 0.6 is 0 Å². The van der Waals surface area contributed by atoms with E-state index >= 15 is 0 Å². The Balaban J connectivity index is 2.36. The third kappa shape index (κ3) is 23.8. The maximum absolute atomic E-state index is 12.7. The Morgan fingerprint density at radius 1 is 0.600 bits per heavy atom. The van der Waals surface area contributed by atoms with Gasteiger partial charge >= 0.3 is 11.9 Å². The molecule has 0 radical (unpaired) electrons. The first-order valence-corrected chi connectivity index (χ1v) is 20.3. The fourth-order valence-corrected chi connectivity index (χ4v) is 6.12. The van der Waals surface area contributed by atoms with Crippen LogP contribution in [0.15, 0.2) is 12.2 Å². The Hall–Kier alpha value is -1.56. The molecule has 0 aromatic rings. The summed E-state index contributed by atoms with van der Waals surface area (Å²) in [6.45, 7) is 3.39. The average molecular weight is 715 g/mol. The van der Waals surface area contributed by atoms with Crippen molar-refractivity contribution in [3.63, 3.8) is 0 Å². The standard InChI is InChI=1S/C40H74O10/c1-3-5-7-9-11-13-15-16-17-18-19-21-22-24-26-28-35(42)47-31-33(32-48-40-39(46)38(45)37(44)34(30-41)50-40)49-36(43)29-27-25-23-20-14-12-10-8-6-4-2/h16-17,33-34,37-41,44-46H,3-15,18-32H2,1-2H3/b17-16+/t33-,34-,37+,38?,39?,40-/m0/s1. The van der Waals surface area contributed by atoms with Gasteiger partial charge in [0.2, 0.25) is 0 Å². The highest BCUT2D eigenvalue weighted by Gasteiger charge is 2.44. The molecule has 10 heteroatoms. The van der Waals surface area contributed by atoms with Crippen molar-refractivity contribution in [1.82, 2.24) is 0 Å². The minimum atomic E-state index is -1.59. The number of hydrogen-bond donors (Lipinski definition) is 4. The molecule has 0 saturated carbocycles. The summed E-state index contributed by atoms with van der Waals surface area (Å²) in [5, 5.41) is 39.9. The molecule has 294 valence electrons. The van der Waals surface area contributed by atoms with Gasteiger partial charge in [-0.2, -0.15) is 0 Å². The van der Waals surface area contributed by atoms with E-state index in [0.717, 1.165) is 57.8 Å². The number of esters is 2. The maximum Gasteiger partial charge on any atom is 0.306 e. The van der Waals surface area contributed by atoms with Gasteiger partial charge in [-0.05, 0) is 38.5 Å². The third-order valence-electron chi connectivity index (χ3n) is 9.40. The molecule has 6 atom stereocenters. The zero-order valence-corrected chi connectivity index (χ0v) is 31.7. The van der Waals surface area contributed by atoms with Gasteiger partial charge < -0.3 is 39.4 Å². The fraction of sp³-hybridized carbons (Fsp3) is 0.900. The second-order valence-corrected chi connectivity index (χ2v) is 14.1. The van der Waals surface area contributed by atoms with Gasteiger partial charge in [0.1, 0.15) is 31.0 Å². The number of ether oxygens (including phenoxy) is 4. The van der Waals surface area contributed by atoms with Crippen molar-refractivity contribution in [1.29, 1.82) is 0 Å². The zero-order valence-electron chi connectivity index (χ0n) is 31.7. The first-order chi connectivity index (χ1) is 24.3. The van der Waals surface area contributed by atoms with Crippen LogP contribution in [0.2, 0.25) is 0 Å². The Morgan fingerprint density at radius 3 is 1.56 bits per heavy atom. The topological polar surface area (TPSA) is 152 Å². The van der Waals surface area contributed by atoms with Crippen LogP contribution in [0.5, 0.6) is 0 Å². The molecule has 1 rings (SSSR count). The van der Waals surface area contributed by atoms with Gasteiger partial charge in [0, 0.05) is 12.8 Å². The molecule has 2 unspecified atom stereocenters. The lowest BCUT2D eigenvalue weighted by atomic mass is 9.99. The van der Waals surface area contributed by atoms with Gasteiger partial charge in [0.25, 0.3) is 0 Å². The van der Waals surface area contributed by atoms with Crippen LogP contribution in [-0.4, -0.2) is 89.0 Å². The Morgan fingerprint density at radius 2 is 1.06 bits per heavy atom. The second-order valence-electron chi connectivity index (χ2n) is 14.1. The molecule has 0 aliphatic carbocycles. The summed E-state index contributed by atoms with van der Waals surface area (Å²) < 4.78 is 22.0. The number of allylic oxidation sites excluding steroid dienone is 2. The maximum atomic E-state index is 12.7. The van der Waals surface area contributed by atoms with Crippen molar-refractivity contribution >= 4 is 11.9 Å². The van der Waals surface area contributed by atoms with Crippen molar-refractivity contribution in [2.75, 3.05) is 19.8 Å². The summed E-state index contributed by atoms with van der Waals surface area (Å²) in [7, 11) is 0. The molecule has 1 heterocycles. The van der Waals surface area contributed by atoms with Gasteiger partial charge in [-0.1, -0.05) is 135 Å². The summed E-state index contributed by atoms with van der Waals surface area (Å²) in [5.41, 5.74) is 0. The van der Waals surface area contributed by atoms with Gasteiger partial charge in [-0.25, -0.2) is 0 Å². The van der Waals surface area contributed by atoms with E-state index in [-0.39, 0.29) is 32.0 Å². The molecule has 1 aliphatic heterocycles. The third-order valence-corrected chi connectivity index (χ3v) is 9.40. The van der Waals surface area contributed by atoms with E-state index in [0.29, 0.717) is 6.42 Å². The van der Waals surface area contributed by atoms with Gasteiger partial charge in [0.05, 0.1) is 13.2 Å². The van der Waals surface area contributed by atoms with E-state index in [1.165, 1.54) is 83.5 Å². The number of carbonyl (C=O) groups is 2. The first-order valence-electron chi connectivity index (χ1n) is 20.3. The lowest BCUT2D eigenvalue weighted by molar-refractivity contribution is -0.305. The largest absolute Gasteiger partial charge is 0.462 e. The number of aliphatic hydroxyl groups excluding tert-OH is 4. The highest BCUT2D eigenvalue weighted by molar-refractivity contribution is 5.70. The van der Waals surface area contributed by atoms with Crippen molar-refractivity contribution in [3.8, 4) is 0 Å². The highest BCUT2D eigenvalue weighted by Crippen LogP contribution is 2.22. The minimum Gasteiger partial charge on any atom is -0.462 e. The summed E-state index contributed by atoms with van der Waals surface area (Å²) in [6, 6.07) is 0. The molecule has 1 aliphatic rings. The van der Waals surface area contributed by atoms with Crippen molar-refractivity contribution in [3.05, 3.63) is 12.2 Å². The van der Waals surface area contributed by atoms with E-state index in [1.807, 2.05) is 0 Å². The second kappa shape index (κ2) is 32.1. The van der Waals surface area contributed by atoms with Crippen LogP contribution in [0.25, 0.3) is 0 Å². The van der Waals surface area contributed by atoms with Crippen LogP contribution in [-0.2, 0) is 28.5 Å². The van der Waals surface area contributed by atoms with Crippen molar-refractivity contribution < 1.29 is 49.0 Å². The summed E-state index contributed by atoms with van der Waals surface area (Å²) in [5.74, 6) is -0.813. The summed E-state index contributed by atoms with van der Waals surface area (Å²) >= 11 is 0. The zero-order chi connectivity index (χ0) is 36.7. The predicted molar refractivity (Wildman–Crippen MR) is 196 cm³/mol. The highest BCUT2D eigenvalue weighted by atomic mass is 16.7. The molecule has 0 bridgehead atoms. The lowest BCUT2D eigenvalue weighted by Gasteiger charge is -2.39. The molecule has 0 spiro atoms. The van der Waals surface area contributed by atoms with Gasteiger partial charge in [0.15, 0.2) is 12.4 Å². The van der Waals surface area contributed by atoms with Crippen LogP contribution in [0, 0.1) is 0 Å². The molecule has 0 aromatic carbocycles. The summed E-state index contributed by atoms with van der Waals surface area (Å²) in [6.07, 6.45) is 23.7.